The quantitative estimate of drug-likeness (QED) is 0.617. The molecule has 4 nitrogen and oxygen atoms in total. The Kier molecular flexibility index (Phi) is 4.24. The number of benzene rings is 3. The van der Waals surface area contributed by atoms with E-state index in [1.54, 1.807) is 18.2 Å². The smallest absolute Gasteiger partial charge is 0.342 e. The summed E-state index contributed by atoms with van der Waals surface area (Å²) in [4.78, 5) is 12.4. The van der Waals surface area contributed by atoms with Crippen molar-refractivity contribution in [1.82, 2.24) is 0 Å². The van der Waals surface area contributed by atoms with Gasteiger partial charge in [-0.15, -0.1) is 0 Å². The van der Waals surface area contributed by atoms with Crippen LogP contribution in [0.25, 0.3) is 22.3 Å². The number of ether oxygens (including phenoxy) is 2. The second-order valence-corrected chi connectivity index (χ2v) is 6.48. The molecule has 0 aromatic heterocycles. The Morgan fingerprint density at radius 2 is 1.96 bits per heavy atom. The fraction of sp³-hybridized carbons (Fsp3) is 0.0952. The number of methoxy groups -OCH3 is 1. The third-order valence-corrected chi connectivity index (χ3v) is 4.85. The molecular formula is C21H14ClFO4. The predicted octanol–water partition coefficient (Wildman–Crippen LogP) is 5.20. The van der Waals surface area contributed by atoms with Gasteiger partial charge in [0.25, 0.3) is 0 Å². The highest BCUT2D eigenvalue weighted by atomic mass is 35.5. The molecule has 0 spiro atoms. The molecule has 0 saturated heterocycles. The van der Waals surface area contributed by atoms with Gasteiger partial charge in [-0.3, -0.25) is 0 Å². The second-order valence-electron chi connectivity index (χ2n) is 6.08. The molecule has 0 radical (unpaired) electrons. The van der Waals surface area contributed by atoms with Gasteiger partial charge in [0.05, 0.1) is 12.1 Å². The van der Waals surface area contributed by atoms with Gasteiger partial charge in [-0.05, 0) is 35.4 Å². The molecule has 4 rings (SSSR count). The van der Waals surface area contributed by atoms with Crippen LogP contribution in [0, 0.1) is 5.82 Å². The number of phenolic OH excluding ortho intramolecular Hbond substituents is 1. The van der Waals surface area contributed by atoms with E-state index in [2.05, 4.69) is 0 Å². The molecule has 0 amide bonds. The van der Waals surface area contributed by atoms with Gasteiger partial charge in [0.15, 0.2) is 0 Å². The van der Waals surface area contributed by atoms with Crippen LogP contribution in [-0.2, 0) is 11.3 Å². The first kappa shape index (κ1) is 17.4. The Morgan fingerprint density at radius 1 is 1.19 bits per heavy atom. The highest BCUT2D eigenvalue weighted by Gasteiger charge is 2.29. The Morgan fingerprint density at radius 3 is 2.70 bits per heavy atom. The summed E-state index contributed by atoms with van der Waals surface area (Å²) in [7, 11) is 1.26. The summed E-state index contributed by atoms with van der Waals surface area (Å²) >= 11 is 5.93. The Hall–Kier alpha value is -3.05. The number of hydrogen-bond acceptors (Lipinski definition) is 4. The summed E-state index contributed by atoms with van der Waals surface area (Å²) in [5.74, 6) is -0.813. The number of fused-ring (bicyclic) bond motifs is 3. The zero-order chi connectivity index (χ0) is 19.1. The number of rotatable bonds is 2. The third-order valence-electron chi connectivity index (χ3n) is 4.56. The Labute approximate surface area is 159 Å². The minimum atomic E-state index is -0.649. The lowest BCUT2D eigenvalue weighted by atomic mass is 9.86. The molecule has 136 valence electrons. The van der Waals surface area contributed by atoms with Crippen molar-refractivity contribution in [2.24, 2.45) is 0 Å². The average molecular weight is 385 g/mol. The topological polar surface area (TPSA) is 55.8 Å². The SMILES string of the molecule is COC(=O)c1c(O)cc(-c2ccc(F)c(Cl)c2)c2c1-c1ccccc1OC2. The van der Waals surface area contributed by atoms with Crippen molar-refractivity contribution in [3.63, 3.8) is 0 Å². The van der Waals surface area contributed by atoms with Crippen LogP contribution in [-0.4, -0.2) is 18.2 Å². The number of phenols is 1. The summed E-state index contributed by atoms with van der Waals surface area (Å²) in [6.07, 6.45) is 0. The van der Waals surface area contributed by atoms with Crippen LogP contribution in [0.5, 0.6) is 11.5 Å². The zero-order valence-electron chi connectivity index (χ0n) is 14.3. The number of hydrogen-bond donors (Lipinski definition) is 1. The zero-order valence-corrected chi connectivity index (χ0v) is 15.0. The standard InChI is InChI=1S/C21H14ClFO4/c1-26-21(25)20-17(24)9-13(11-6-7-16(23)15(22)8-11)14-10-27-18-5-3-2-4-12(18)19(14)20/h2-9,24H,10H2,1H3. The fourth-order valence-electron chi connectivity index (χ4n) is 3.34. The van der Waals surface area contributed by atoms with E-state index >= 15 is 0 Å². The van der Waals surface area contributed by atoms with Gasteiger partial charge in [-0.25, -0.2) is 9.18 Å². The van der Waals surface area contributed by atoms with Crippen LogP contribution in [0.4, 0.5) is 4.39 Å². The Bertz CT molecular complexity index is 1080. The van der Waals surface area contributed by atoms with Gasteiger partial charge in [-0.1, -0.05) is 35.9 Å². The van der Waals surface area contributed by atoms with Crippen LogP contribution in [0.15, 0.2) is 48.5 Å². The lowest BCUT2D eigenvalue weighted by molar-refractivity contribution is 0.0598. The van der Waals surface area contributed by atoms with Crippen molar-refractivity contribution in [2.45, 2.75) is 6.61 Å². The fourth-order valence-corrected chi connectivity index (χ4v) is 3.52. The van der Waals surface area contributed by atoms with Crippen LogP contribution in [0.1, 0.15) is 15.9 Å². The molecule has 0 saturated carbocycles. The van der Waals surface area contributed by atoms with Gasteiger partial charge in [0.1, 0.15) is 29.5 Å². The van der Waals surface area contributed by atoms with Gasteiger partial charge in [-0.2, -0.15) is 0 Å². The summed E-state index contributed by atoms with van der Waals surface area (Å²) in [6.45, 7) is 0.181. The molecule has 6 heteroatoms. The lowest BCUT2D eigenvalue weighted by Crippen LogP contribution is -2.13. The normalized spacial score (nSPS) is 12.0. The summed E-state index contributed by atoms with van der Waals surface area (Å²) in [6, 6.07) is 13.0. The van der Waals surface area contributed by atoms with Crippen LogP contribution in [0.3, 0.4) is 0 Å². The summed E-state index contributed by atoms with van der Waals surface area (Å²) in [5.41, 5.74) is 3.18. The summed E-state index contributed by atoms with van der Waals surface area (Å²) < 4.78 is 24.3. The van der Waals surface area contributed by atoms with E-state index in [1.165, 1.54) is 25.3 Å². The van der Waals surface area contributed by atoms with Crippen molar-refractivity contribution in [2.75, 3.05) is 7.11 Å². The molecule has 0 fully saturated rings. The van der Waals surface area contributed by atoms with E-state index in [0.717, 1.165) is 0 Å². The van der Waals surface area contributed by atoms with Gasteiger partial charge < -0.3 is 14.6 Å². The predicted molar refractivity (Wildman–Crippen MR) is 99.6 cm³/mol. The number of carbonyl (C=O) groups excluding carboxylic acids is 1. The van der Waals surface area contributed by atoms with Crippen molar-refractivity contribution < 1.29 is 23.8 Å². The lowest BCUT2D eigenvalue weighted by Gasteiger charge is -2.26. The molecule has 1 aliphatic rings. The van der Waals surface area contributed by atoms with Crippen LogP contribution < -0.4 is 4.74 Å². The molecule has 3 aromatic rings. The molecular weight excluding hydrogens is 371 g/mol. The van der Waals surface area contributed by atoms with Gasteiger partial charge >= 0.3 is 5.97 Å². The molecule has 0 unspecified atom stereocenters. The van der Waals surface area contributed by atoms with Crippen molar-refractivity contribution in [3.8, 4) is 33.8 Å². The maximum atomic E-state index is 13.6. The minimum Gasteiger partial charge on any atom is -0.507 e. The maximum Gasteiger partial charge on any atom is 0.342 e. The second kappa shape index (κ2) is 6.59. The monoisotopic (exact) mass is 384 g/mol. The first-order valence-corrected chi connectivity index (χ1v) is 8.54. The molecule has 0 atom stereocenters. The summed E-state index contributed by atoms with van der Waals surface area (Å²) in [5, 5.41) is 10.6. The molecule has 0 bridgehead atoms. The number of carbonyl (C=O) groups is 1. The van der Waals surface area contributed by atoms with E-state index in [0.29, 0.717) is 33.6 Å². The molecule has 1 N–H and O–H groups in total. The largest absolute Gasteiger partial charge is 0.507 e. The van der Waals surface area contributed by atoms with E-state index in [-0.39, 0.29) is 22.9 Å². The van der Waals surface area contributed by atoms with Crippen LogP contribution in [0.2, 0.25) is 5.02 Å². The maximum absolute atomic E-state index is 13.6. The van der Waals surface area contributed by atoms with E-state index in [9.17, 15) is 14.3 Å². The molecule has 1 aliphatic heterocycles. The molecule has 27 heavy (non-hydrogen) atoms. The number of para-hydroxylation sites is 1. The molecule has 1 heterocycles. The third kappa shape index (κ3) is 2.80. The first-order valence-electron chi connectivity index (χ1n) is 8.16. The van der Waals surface area contributed by atoms with Gasteiger partial charge in [0.2, 0.25) is 0 Å². The first-order chi connectivity index (χ1) is 13.0. The molecule has 0 aliphatic carbocycles. The van der Waals surface area contributed by atoms with E-state index < -0.39 is 11.8 Å². The van der Waals surface area contributed by atoms with Crippen molar-refractivity contribution in [1.29, 1.82) is 0 Å². The Balaban J connectivity index is 2.06. The number of aromatic hydroxyl groups is 1. The average Bonchev–Trinajstić information content (AvgIpc) is 2.68. The van der Waals surface area contributed by atoms with E-state index in [1.807, 2.05) is 12.1 Å². The number of esters is 1. The minimum absolute atomic E-state index is 0.0325. The number of halogens is 2. The van der Waals surface area contributed by atoms with E-state index in [4.69, 9.17) is 21.1 Å². The molecule has 3 aromatic carbocycles. The van der Waals surface area contributed by atoms with Crippen molar-refractivity contribution in [3.05, 3.63) is 70.5 Å². The van der Waals surface area contributed by atoms with Crippen LogP contribution >= 0.6 is 11.6 Å². The highest BCUT2D eigenvalue weighted by molar-refractivity contribution is 6.31. The highest BCUT2D eigenvalue weighted by Crippen LogP contribution is 2.46. The van der Waals surface area contributed by atoms with Crippen molar-refractivity contribution >= 4 is 17.6 Å². The van der Waals surface area contributed by atoms with Gasteiger partial charge in [0, 0.05) is 16.7 Å².